The molecule has 1 saturated carbocycles. The summed E-state index contributed by atoms with van der Waals surface area (Å²) >= 11 is 0. The maximum absolute atomic E-state index is 6.01. The fourth-order valence-corrected chi connectivity index (χ4v) is 2.73. The molecule has 1 aliphatic carbocycles. The maximum Gasteiger partial charge on any atom is 0.130 e. The minimum Gasteiger partial charge on any atom is -0.354 e. The lowest BCUT2D eigenvalue weighted by atomic mass is 10.1. The first-order valence-electron chi connectivity index (χ1n) is 7.44. The fraction of sp³-hybridized carbons (Fsp3) is 0.800. The van der Waals surface area contributed by atoms with Crippen LogP contribution in [0.3, 0.4) is 0 Å². The molecule has 0 aromatic carbocycles. The molecule has 4 heteroatoms. The largest absolute Gasteiger partial charge is 0.354 e. The molecule has 1 heterocycles. The summed E-state index contributed by atoms with van der Waals surface area (Å²) in [6.07, 6.45) is 3.66. The Morgan fingerprint density at radius 3 is 2.47 bits per heavy atom. The van der Waals surface area contributed by atoms with Gasteiger partial charge >= 0.3 is 0 Å². The van der Waals surface area contributed by atoms with E-state index in [9.17, 15) is 0 Å². The van der Waals surface area contributed by atoms with Crippen molar-refractivity contribution in [3.05, 3.63) is 11.3 Å². The molecule has 0 spiro atoms. The molecule has 0 saturated heterocycles. The van der Waals surface area contributed by atoms with Crippen LogP contribution in [0.15, 0.2) is 0 Å². The van der Waals surface area contributed by atoms with E-state index >= 15 is 0 Å². The van der Waals surface area contributed by atoms with Gasteiger partial charge in [0.15, 0.2) is 0 Å². The van der Waals surface area contributed by atoms with Gasteiger partial charge in [-0.2, -0.15) is 5.10 Å². The van der Waals surface area contributed by atoms with Crippen LogP contribution in [-0.4, -0.2) is 28.4 Å². The summed E-state index contributed by atoms with van der Waals surface area (Å²) in [5.74, 6) is 2.15. The minimum absolute atomic E-state index is 0.177. The number of nitrogens with zero attached hydrogens (tertiary/aromatic N) is 3. The Balaban J connectivity index is 2.33. The lowest BCUT2D eigenvalue weighted by Gasteiger charge is -2.30. The van der Waals surface area contributed by atoms with Gasteiger partial charge in [0, 0.05) is 31.2 Å². The summed E-state index contributed by atoms with van der Waals surface area (Å²) in [5, 5.41) is 4.61. The summed E-state index contributed by atoms with van der Waals surface area (Å²) in [4.78, 5) is 2.51. The summed E-state index contributed by atoms with van der Waals surface area (Å²) in [5.41, 5.74) is 8.45. The van der Waals surface area contributed by atoms with Gasteiger partial charge in [0.2, 0.25) is 0 Å². The topological polar surface area (TPSA) is 47.1 Å². The van der Waals surface area contributed by atoms with Crippen molar-refractivity contribution >= 4 is 5.82 Å². The first kappa shape index (κ1) is 14.4. The normalized spacial score (nSPS) is 17.0. The van der Waals surface area contributed by atoms with E-state index in [1.807, 2.05) is 4.68 Å². The number of aromatic nitrogens is 2. The Bertz CT molecular complexity index is 430. The van der Waals surface area contributed by atoms with Gasteiger partial charge < -0.3 is 10.6 Å². The summed E-state index contributed by atoms with van der Waals surface area (Å²) < 4.78 is 2.04. The van der Waals surface area contributed by atoms with Gasteiger partial charge in [-0.1, -0.05) is 0 Å². The predicted molar refractivity (Wildman–Crippen MR) is 80.5 cm³/mol. The molecule has 0 amide bonds. The first-order chi connectivity index (χ1) is 8.90. The van der Waals surface area contributed by atoms with Crippen molar-refractivity contribution in [2.45, 2.75) is 59.0 Å². The van der Waals surface area contributed by atoms with Gasteiger partial charge in [0.1, 0.15) is 5.82 Å². The number of hydrogen-bond donors (Lipinski definition) is 1. The molecule has 1 aromatic rings. The lowest BCUT2D eigenvalue weighted by molar-refractivity contribution is 0.605. The molecule has 0 bridgehead atoms. The van der Waals surface area contributed by atoms with E-state index in [0.717, 1.165) is 24.6 Å². The van der Waals surface area contributed by atoms with Crippen LogP contribution in [-0.2, 0) is 13.5 Å². The number of rotatable bonds is 6. The van der Waals surface area contributed by atoms with Gasteiger partial charge in [0.05, 0.1) is 5.69 Å². The Morgan fingerprint density at radius 2 is 2.00 bits per heavy atom. The Kier molecular flexibility index (Phi) is 4.19. The predicted octanol–water partition coefficient (Wildman–Crippen LogP) is 2.24. The van der Waals surface area contributed by atoms with Crippen molar-refractivity contribution in [1.29, 1.82) is 0 Å². The van der Waals surface area contributed by atoms with Gasteiger partial charge in [-0.3, -0.25) is 4.68 Å². The Morgan fingerprint density at radius 1 is 1.37 bits per heavy atom. The number of aryl methyl sites for hydroxylation is 2. The van der Waals surface area contributed by atoms with Crippen molar-refractivity contribution in [2.75, 3.05) is 11.4 Å². The third kappa shape index (κ3) is 3.30. The summed E-state index contributed by atoms with van der Waals surface area (Å²) in [7, 11) is 2.05. The molecule has 1 fully saturated rings. The molecule has 0 radical (unpaired) electrons. The van der Waals surface area contributed by atoms with E-state index in [1.165, 1.54) is 24.2 Å². The molecule has 4 nitrogen and oxygen atoms in total. The lowest BCUT2D eigenvalue weighted by Crippen LogP contribution is -2.35. The Labute approximate surface area is 117 Å². The van der Waals surface area contributed by atoms with Crippen LogP contribution in [0.4, 0.5) is 5.82 Å². The number of hydrogen-bond acceptors (Lipinski definition) is 3. The van der Waals surface area contributed by atoms with Crippen molar-refractivity contribution < 1.29 is 0 Å². The van der Waals surface area contributed by atoms with Crippen LogP contribution in [0.5, 0.6) is 0 Å². The van der Waals surface area contributed by atoms with E-state index in [0.29, 0.717) is 6.04 Å². The molecule has 2 N–H and O–H groups in total. The third-order valence-electron chi connectivity index (χ3n) is 3.89. The van der Waals surface area contributed by atoms with E-state index < -0.39 is 0 Å². The average molecular weight is 264 g/mol. The van der Waals surface area contributed by atoms with Crippen molar-refractivity contribution in [2.24, 2.45) is 18.7 Å². The highest BCUT2D eigenvalue weighted by atomic mass is 15.4. The zero-order valence-corrected chi connectivity index (χ0v) is 13.0. The standard InChI is InChI=1S/C15H28N4/c1-10(2)19(9-13-6-7-13)15-14(8-11(3)16)12(4)17-18(15)5/h10-11,13H,6-9,16H2,1-5H3. The highest BCUT2D eigenvalue weighted by Gasteiger charge is 2.29. The Hall–Kier alpha value is -1.03. The van der Waals surface area contributed by atoms with E-state index in [-0.39, 0.29) is 6.04 Å². The van der Waals surface area contributed by atoms with Crippen LogP contribution in [0, 0.1) is 12.8 Å². The van der Waals surface area contributed by atoms with Crippen molar-refractivity contribution in [1.82, 2.24) is 9.78 Å². The molecule has 2 rings (SSSR count). The van der Waals surface area contributed by atoms with Gasteiger partial charge in [-0.15, -0.1) is 0 Å². The first-order valence-corrected chi connectivity index (χ1v) is 7.44. The molecule has 19 heavy (non-hydrogen) atoms. The monoisotopic (exact) mass is 264 g/mol. The van der Waals surface area contributed by atoms with Crippen LogP contribution in [0.2, 0.25) is 0 Å². The molecule has 1 aliphatic rings. The second kappa shape index (κ2) is 5.53. The molecule has 1 aromatic heterocycles. The quantitative estimate of drug-likeness (QED) is 0.857. The van der Waals surface area contributed by atoms with Gasteiger partial charge in [0.25, 0.3) is 0 Å². The SMILES string of the molecule is Cc1nn(C)c(N(CC2CC2)C(C)C)c1CC(C)N. The van der Waals surface area contributed by atoms with E-state index in [4.69, 9.17) is 5.73 Å². The van der Waals surface area contributed by atoms with Gasteiger partial charge in [-0.25, -0.2) is 0 Å². The maximum atomic E-state index is 6.01. The summed E-state index contributed by atoms with van der Waals surface area (Å²) in [6, 6.07) is 0.679. The zero-order valence-electron chi connectivity index (χ0n) is 13.0. The van der Waals surface area contributed by atoms with Crippen LogP contribution in [0.25, 0.3) is 0 Å². The zero-order chi connectivity index (χ0) is 14.2. The smallest absolute Gasteiger partial charge is 0.130 e. The third-order valence-corrected chi connectivity index (χ3v) is 3.89. The molecule has 108 valence electrons. The second-order valence-corrected chi connectivity index (χ2v) is 6.38. The van der Waals surface area contributed by atoms with Crippen LogP contribution < -0.4 is 10.6 Å². The minimum atomic E-state index is 0.177. The molecular formula is C15H28N4. The van der Waals surface area contributed by atoms with E-state index in [1.54, 1.807) is 0 Å². The number of nitrogens with two attached hydrogens (primary N) is 1. The van der Waals surface area contributed by atoms with Crippen LogP contribution >= 0.6 is 0 Å². The van der Waals surface area contributed by atoms with E-state index in [2.05, 4.69) is 44.7 Å². The van der Waals surface area contributed by atoms with Crippen molar-refractivity contribution in [3.8, 4) is 0 Å². The van der Waals surface area contributed by atoms with Gasteiger partial charge in [-0.05, 0) is 52.9 Å². The molecular weight excluding hydrogens is 236 g/mol. The fourth-order valence-electron chi connectivity index (χ4n) is 2.73. The highest BCUT2D eigenvalue weighted by molar-refractivity contribution is 5.51. The van der Waals surface area contributed by atoms with Crippen LogP contribution in [0.1, 0.15) is 44.9 Å². The average Bonchev–Trinajstić information content (AvgIpc) is 3.05. The molecule has 0 aliphatic heterocycles. The molecule has 1 atom stereocenters. The molecule has 1 unspecified atom stereocenters. The van der Waals surface area contributed by atoms with Crippen molar-refractivity contribution in [3.63, 3.8) is 0 Å². The number of anilines is 1. The summed E-state index contributed by atoms with van der Waals surface area (Å²) in [6.45, 7) is 9.84. The second-order valence-electron chi connectivity index (χ2n) is 6.38. The highest BCUT2D eigenvalue weighted by Crippen LogP contribution is 2.34.